The van der Waals surface area contributed by atoms with Gasteiger partial charge in [-0.3, -0.25) is 4.90 Å². The van der Waals surface area contributed by atoms with Crippen molar-refractivity contribution in [2.75, 3.05) is 20.1 Å². The Morgan fingerprint density at radius 2 is 1.95 bits per heavy atom. The largest absolute Gasteiger partial charge is 0.316 e. The average molecular weight is 262 g/mol. The minimum absolute atomic E-state index is 0.611. The quantitative estimate of drug-likeness (QED) is 0.722. The van der Waals surface area contributed by atoms with Crippen LogP contribution in [0, 0.1) is 12.8 Å². The third-order valence-corrected chi connectivity index (χ3v) is 3.56. The molecule has 1 aromatic rings. The van der Waals surface area contributed by atoms with Crippen molar-refractivity contribution >= 4 is 0 Å². The second kappa shape index (κ2) is 8.34. The molecule has 1 aromatic carbocycles. The molecular formula is C17H30N2. The Bertz CT molecular complexity index is 360. The molecule has 1 N–H and O–H groups in total. The molecule has 0 aromatic heterocycles. The number of hydrogen-bond donors (Lipinski definition) is 1. The smallest absolute Gasteiger partial charge is 0.0233 e. The molecule has 1 unspecified atom stereocenters. The van der Waals surface area contributed by atoms with Gasteiger partial charge in [0.2, 0.25) is 0 Å². The summed E-state index contributed by atoms with van der Waals surface area (Å²) in [4.78, 5) is 2.44. The van der Waals surface area contributed by atoms with Gasteiger partial charge in [-0.2, -0.15) is 0 Å². The van der Waals surface area contributed by atoms with Crippen LogP contribution in [0.5, 0.6) is 0 Å². The molecule has 0 spiro atoms. The van der Waals surface area contributed by atoms with Crippen LogP contribution < -0.4 is 5.32 Å². The summed E-state index contributed by atoms with van der Waals surface area (Å²) >= 11 is 0. The number of benzene rings is 1. The molecule has 19 heavy (non-hydrogen) atoms. The number of hydrogen-bond acceptors (Lipinski definition) is 2. The van der Waals surface area contributed by atoms with E-state index in [-0.39, 0.29) is 0 Å². The highest BCUT2D eigenvalue weighted by molar-refractivity contribution is 5.22. The topological polar surface area (TPSA) is 15.3 Å². The van der Waals surface area contributed by atoms with Crippen LogP contribution in [0.3, 0.4) is 0 Å². The number of nitrogens with zero attached hydrogens (tertiary/aromatic N) is 1. The highest BCUT2D eigenvalue weighted by Gasteiger charge is 2.09. The van der Waals surface area contributed by atoms with Crippen molar-refractivity contribution in [3.8, 4) is 0 Å². The van der Waals surface area contributed by atoms with E-state index < -0.39 is 0 Å². The van der Waals surface area contributed by atoms with Gasteiger partial charge in [0.05, 0.1) is 0 Å². The first kappa shape index (κ1) is 16.2. The Hall–Kier alpha value is -0.860. The lowest BCUT2D eigenvalue weighted by Crippen LogP contribution is -2.32. The maximum absolute atomic E-state index is 3.52. The van der Waals surface area contributed by atoms with Crippen LogP contribution in [-0.4, -0.2) is 31.1 Å². The maximum Gasteiger partial charge on any atom is 0.0233 e. The molecule has 0 heterocycles. The van der Waals surface area contributed by atoms with Crippen molar-refractivity contribution in [1.29, 1.82) is 0 Å². The van der Waals surface area contributed by atoms with Crippen molar-refractivity contribution in [3.63, 3.8) is 0 Å². The monoisotopic (exact) mass is 262 g/mol. The summed E-state index contributed by atoms with van der Waals surface area (Å²) in [5.41, 5.74) is 2.75. The summed E-state index contributed by atoms with van der Waals surface area (Å²) in [6.45, 7) is 12.2. The molecule has 0 saturated carbocycles. The Morgan fingerprint density at radius 3 is 2.58 bits per heavy atom. The molecule has 2 nitrogen and oxygen atoms in total. The number of nitrogens with one attached hydrogen (secondary N) is 1. The normalized spacial score (nSPS) is 13.2. The summed E-state index contributed by atoms with van der Waals surface area (Å²) < 4.78 is 0. The van der Waals surface area contributed by atoms with Crippen LogP contribution in [0.15, 0.2) is 24.3 Å². The van der Waals surface area contributed by atoms with E-state index >= 15 is 0 Å². The SMILES string of the molecule is Cc1cccc(CN(C)C(C)CCNCC(C)C)c1. The van der Waals surface area contributed by atoms with Gasteiger partial charge >= 0.3 is 0 Å². The van der Waals surface area contributed by atoms with E-state index in [4.69, 9.17) is 0 Å². The predicted molar refractivity (Wildman–Crippen MR) is 84.4 cm³/mol. The van der Waals surface area contributed by atoms with Crippen LogP contribution >= 0.6 is 0 Å². The van der Waals surface area contributed by atoms with E-state index in [0.717, 1.165) is 25.6 Å². The zero-order chi connectivity index (χ0) is 14.3. The molecule has 0 aliphatic rings. The van der Waals surface area contributed by atoms with Crippen LogP contribution in [0.25, 0.3) is 0 Å². The van der Waals surface area contributed by atoms with E-state index in [1.807, 2.05) is 0 Å². The fourth-order valence-electron chi connectivity index (χ4n) is 2.18. The zero-order valence-corrected chi connectivity index (χ0v) is 13.2. The highest BCUT2D eigenvalue weighted by Crippen LogP contribution is 2.10. The first-order valence-corrected chi connectivity index (χ1v) is 7.45. The van der Waals surface area contributed by atoms with E-state index in [0.29, 0.717) is 6.04 Å². The fourth-order valence-corrected chi connectivity index (χ4v) is 2.18. The second-order valence-electron chi connectivity index (χ2n) is 6.14. The van der Waals surface area contributed by atoms with Gasteiger partial charge in [-0.15, -0.1) is 0 Å². The molecule has 0 aliphatic carbocycles. The molecule has 2 heteroatoms. The lowest BCUT2D eigenvalue weighted by Gasteiger charge is -2.25. The van der Waals surface area contributed by atoms with Gasteiger partial charge < -0.3 is 5.32 Å². The predicted octanol–water partition coefficient (Wildman–Crippen LogP) is 3.45. The summed E-state index contributed by atoms with van der Waals surface area (Å²) in [5.74, 6) is 0.736. The van der Waals surface area contributed by atoms with Gasteiger partial charge in [-0.25, -0.2) is 0 Å². The molecule has 0 radical (unpaired) electrons. The Kier molecular flexibility index (Phi) is 7.11. The van der Waals surface area contributed by atoms with Gasteiger partial charge in [0.15, 0.2) is 0 Å². The number of rotatable bonds is 8. The van der Waals surface area contributed by atoms with Crippen molar-refractivity contribution in [3.05, 3.63) is 35.4 Å². The summed E-state index contributed by atoms with van der Waals surface area (Å²) in [6, 6.07) is 9.41. The second-order valence-corrected chi connectivity index (χ2v) is 6.14. The minimum atomic E-state index is 0.611. The van der Waals surface area contributed by atoms with Crippen LogP contribution in [0.4, 0.5) is 0 Å². The lowest BCUT2D eigenvalue weighted by molar-refractivity contribution is 0.236. The van der Waals surface area contributed by atoms with E-state index in [9.17, 15) is 0 Å². The van der Waals surface area contributed by atoms with Crippen molar-refractivity contribution in [1.82, 2.24) is 10.2 Å². The molecule has 0 saturated heterocycles. The standard InChI is InChI=1S/C17H30N2/c1-14(2)12-18-10-9-16(4)19(5)13-17-8-6-7-15(3)11-17/h6-8,11,14,16,18H,9-10,12-13H2,1-5H3. The van der Waals surface area contributed by atoms with Crippen LogP contribution in [-0.2, 0) is 6.54 Å². The van der Waals surface area contributed by atoms with Gasteiger partial charge in [0, 0.05) is 12.6 Å². The van der Waals surface area contributed by atoms with Gasteiger partial charge in [-0.05, 0) is 51.9 Å². The van der Waals surface area contributed by atoms with Crippen molar-refractivity contribution in [2.45, 2.75) is 46.7 Å². The van der Waals surface area contributed by atoms with Crippen LogP contribution in [0.1, 0.15) is 38.3 Å². The van der Waals surface area contributed by atoms with E-state index in [2.05, 4.69) is 69.2 Å². The van der Waals surface area contributed by atoms with Crippen molar-refractivity contribution < 1.29 is 0 Å². The maximum atomic E-state index is 3.52. The summed E-state index contributed by atoms with van der Waals surface area (Å²) in [6.07, 6.45) is 1.20. The Morgan fingerprint density at radius 1 is 1.21 bits per heavy atom. The van der Waals surface area contributed by atoms with E-state index in [1.54, 1.807) is 0 Å². The first-order valence-electron chi connectivity index (χ1n) is 7.45. The molecule has 0 fully saturated rings. The van der Waals surface area contributed by atoms with Gasteiger partial charge in [0.25, 0.3) is 0 Å². The van der Waals surface area contributed by atoms with E-state index in [1.165, 1.54) is 17.5 Å². The first-order chi connectivity index (χ1) is 8.99. The fraction of sp³-hybridized carbons (Fsp3) is 0.647. The zero-order valence-electron chi connectivity index (χ0n) is 13.2. The molecule has 0 amide bonds. The molecular weight excluding hydrogens is 232 g/mol. The molecule has 108 valence electrons. The third-order valence-electron chi connectivity index (χ3n) is 3.56. The lowest BCUT2D eigenvalue weighted by atomic mass is 10.1. The minimum Gasteiger partial charge on any atom is -0.316 e. The molecule has 1 atom stereocenters. The molecule has 1 rings (SSSR count). The highest BCUT2D eigenvalue weighted by atomic mass is 15.1. The summed E-state index contributed by atoms with van der Waals surface area (Å²) in [7, 11) is 2.22. The van der Waals surface area contributed by atoms with Crippen molar-refractivity contribution in [2.24, 2.45) is 5.92 Å². The number of aryl methyl sites for hydroxylation is 1. The molecule has 0 bridgehead atoms. The third kappa shape index (κ3) is 6.74. The Labute approximate surface area is 119 Å². The molecule has 0 aliphatic heterocycles. The Balaban J connectivity index is 2.30. The van der Waals surface area contributed by atoms with Crippen LogP contribution in [0.2, 0.25) is 0 Å². The van der Waals surface area contributed by atoms with Gasteiger partial charge in [0.1, 0.15) is 0 Å². The van der Waals surface area contributed by atoms with Gasteiger partial charge in [-0.1, -0.05) is 43.7 Å². The summed E-state index contributed by atoms with van der Waals surface area (Å²) in [5, 5.41) is 3.52. The average Bonchev–Trinajstić information content (AvgIpc) is 2.34.